The molecule has 0 bridgehead atoms. The highest BCUT2D eigenvalue weighted by Crippen LogP contribution is 2.17. The van der Waals surface area contributed by atoms with Gasteiger partial charge in [-0.3, -0.25) is 4.79 Å². The Bertz CT molecular complexity index is 623. The van der Waals surface area contributed by atoms with Crippen molar-refractivity contribution in [3.63, 3.8) is 0 Å². The number of hydrogen-bond donors (Lipinski definition) is 2. The third-order valence-electron chi connectivity index (χ3n) is 3.35. The second-order valence-corrected chi connectivity index (χ2v) is 6.75. The first-order valence-corrected chi connectivity index (χ1v) is 7.44. The van der Waals surface area contributed by atoms with Crippen LogP contribution in [0, 0.1) is 0 Å². The molecule has 0 saturated heterocycles. The number of likely N-dealkylation sites (N-methyl/N-ethyl adjacent to an activating group) is 1. The van der Waals surface area contributed by atoms with Crippen LogP contribution < -0.4 is 10.2 Å². The molecule has 0 heterocycles. The molecule has 2 rings (SSSR count). The minimum absolute atomic E-state index is 0.0974. The highest BCUT2D eigenvalue weighted by Gasteiger charge is 2.17. The van der Waals surface area contributed by atoms with Gasteiger partial charge >= 0.3 is 0 Å². The summed E-state index contributed by atoms with van der Waals surface area (Å²) in [5, 5.41) is 5.54. The Morgan fingerprint density at radius 3 is 2.48 bits per heavy atom. The van der Waals surface area contributed by atoms with Gasteiger partial charge in [0.15, 0.2) is 6.54 Å². The van der Waals surface area contributed by atoms with Gasteiger partial charge in [0, 0.05) is 11.1 Å². The van der Waals surface area contributed by atoms with E-state index in [0.29, 0.717) is 6.54 Å². The molecule has 1 atom stereocenters. The maximum absolute atomic E-state index is 12.0. The molecule has 2 aromatic rings. The number of carbonyl (C=O) groups is 1. The summed E-state index contributed by atoms with van der Waals surface area (Å²) in [6, 6.07) is 14.7. The van der Waals surface area contributed by atoms with E-state index in [2.05, 4.69) is 54.8 Å². The summed E-state index contributed by atoms with van der Waals surface area (Å²) in [7, 11) is 2.06. The van der Waals surface area contributed by atoms with Crippen molar-refractivity contribution in [3.8, 4) is 0 Å². The molecule has 0 aromatic heterocycles. The molecule has 2 aromatic carbocycles. The number of hydrogen-bond acceptors (Lipinski definition) is 1. The number of nitrogens with one attached hydrogen (secondary N) is 2. The summed E-state index contributed by atoms with van der Waals surface area (Å²) in [5.41, 5.74) is 1.12. The van der Waals surface area contributed by atoms with Crippen LogP contribution in [0.4, 0.5) is 0 Å². The van der Waals surface area contributed by atoms with Crippen LogP contribution in [0.25, 0.3) is 10.8 Å². The van der Waals surface area contributed by atoms with Gasteiger partial charge in [0.1, 0.15) is 6.54 Å². The molecule has 1 amide bonds. The average molecular weight is 285 g/mol. The van der Waals surface area contributed by atoms with Crippen molar-refractivity contribution in [3.05, 3.63) is 48.0 Å². The number of quaternary nitrogens is 1. The highest BCUT2D eigenvalue weighted by atomic mass is 16.2. The SMILES string of the molecule is C[NH+](CC(=O)NC(C)(C)C)Cc1cccc2ccccc12. The first-order chi connectivity index (χ1) is 9.85. The van der Waals surface area contributed by atoms with E-state index in [-0.39, 0.29) is 11.4 Å². The summed E-state index contributed by atoms with van der Waals surface area (Å²) in [4.78, 5) is 13.2. The standard InChI is InChI=1S/C18H24N2O/c1-18(2,3)19-17(21)13-20(4)12-15-10-7-9-14-8-5-6-11-16(14)15/h5-11H,12-13H2,1-4H3,(H,19,21)/p+1. The Morgan fingerprint density at radius 1 is 1.10 bits per heavy atom. The monoisotopic (exact) mass is 285 g/mol. The Morgan fingerprint density at radius 2 is 1.76 bits per heavy atom. The Hall–Kier alpha value is -1.87. The zero-order valence-electron chi connectivity index (χ0n) is 13.4. The van der Waals surface area contributed by atoms with Gasteiger partial charge in [-0.1, -0.05) is 42.5 Å². The van der Waals surface area contributed by atoms with Crippen molar-refractivity contribution in [2.75, 3.05) is 13.6 Å². The zero-order chi connectivity index (χ0) is 15.5. The van der Waals surface area contributed by atoms with Crippen LogP contribution in [-0.2, 0) is 11.3 Å². The number of amides is 1. The van der Waals surface area contributed by atoms with E-state index in [1.165, 1.54) is 21.2 Å². The quantitative estimate of drug-likeness (QED) is 0.882. The molecule has 0 fully saturated rings. The second-order valence-electron chi connectivity index (χ2n) is 6.75. The van der Waals surface area contributed by atoms with E-state index in [1.807, 2.05) is 20.8 Å². The van der Waals surface area contributed by atoms with Crippen molar-refractivity contribution in [1.29, 1.82) is 0 Å². The first kappa shape index (κ1) is 15.5. The van der Waals surface area contributed by atoms with Gasteiger partial charge in [0.2, 0.25) is 0 Å². The third kappa shape index (κ3) is 4.57. The van der Waals surface area contributed by atoms with Crippen LogP contribution in [-0.4, -0.2) is 25.0 Å². The smallest absolute Gasteiger partial charge is 0.275 e. The predicted octanol–water partition coefficient (Wildman–Crippen LogP) is 1.77. The number of rotatable bonds is 4. The maximum Gasteiger partial charge on any atom is 0.275 e. The molecule has 3 heteroatoms. The summed E-state index contributed by atoms with van der Waals surface area (Å²) < 4.78 is 0. The molecule has 3 nitrogen and oxygen atoms in total. The summed E-state index contributed by atoms with van der Waals surface area (Å²) in [6.45, 7) is 7.35. The van der Waals surface area contributed by atoms with Gasteiger partial charge in [-0.05, 0) is 31.5 Å². The van der Waals surface area contributed by atoms with E-state index in [4.69, 9.17) is 0 Å². The van der Waals surface area contributed by atoms with E-state index in [1.54, 1.807) is 0 Å². The molecule has 21 heavy (non-hydrogen) atoms. The molecule has 0 aliphatic carbocycles. The average Bonchev–Trinajstić information content (AvgIpc) is 2.36. The Kier molecular flexibility index (Phi) is 4.63. The van der Waals surface area contributed by atoms with Crippen molar-refractivity contribution in [1.82, 2.24) is 5.32 Å². The summed E-state index contributed by atoms with van der Waals surface area (Å²) in [6.07, 6.45) is 0. The lowest BCUT2D eigenvalue weighted by molar-refractivity contribution is -0.885. The molecule has 0 saturated carbocycles. The maximum atomic E-state index is 12.0. The van der Waals surface area contributed by atoms with Crippen LogP contribution in [0.2, 0.25) is 0 Å². The van der Waals surface area contributed by atoms with Gasteiger partial charge in [-0.2, -0.15) is 0 Å². The molecular formula is C18H25N2O+. The normalized spacial score (nSPS) is 13.1. The zero-order valence-corrected chi connectivity index (χ0v) is 13.4. The fraction of sp³-hybridized carbons (Fsp3) is 0.389. The summed E-state index contributed by atoms with van der Waals surface area (Å²) >= 11 is 0. The van der Waals surface area contributed by atoms with Gasteiger partial charge in [-0.25, -0.2) is 0 Å². The molecule has 0 spiro atoms. The van der Waals surface area contributed by atoms with Crippen LogP contribution in [0.5, 0.6) is 0 Å². The van der Waals surface area contributed by atoms with Gasteiger partial charge in [0.25, 0.3) is 5.91 Å². The highest BCUT2D eigenvalue weighted by molar-refractivity contribution is 5.85. The molecule has 0 radical (unpaired) electrons. The minimum Gasteiger partial charge on any atom is -0.347 e. The van der Waals surface area contributed by atoms with E-state index in [0.717, 1.165) is 6.54 Å². The van der Waals surface area contributed by atoms with Crippen molar-refractivity contribution in [2.45, 2.75) is 32.9 Å². The van der Waals surface area contributed by atoms with Crippen molar-refractivity contribution in [2.24, 2.45) is 0 Å². The molecular weight excluding hydrogens is 260 g/mol. The molecule has 112 valence electrons. The minimum atomic E-state index is -0.170. The number of carbonyl (C=O) groups excluding carboxylic acids is 1. The van der Waals surface area contributed by atoms with Crippen LogP contribution >= 0.6 is 0 Å². The van der Waals surface area contributed by atoms with Crippen molar-refractivity contribution >= 4 is 16.7 Å². The fourth-order valence-electron chi connectivity index (χ4n) is 2.57. The van der Waals surface area contributed by atoms with Crippen molar-refractivity contribution < 1.29 is 9.69 Å². The summed E-state index contributed by atoms with van der Waals surface area (Å²) in [5.74, 6) is 0.0974. The predicted molar refractivity (Wildman–Crippen MR) is 87.3 cm³/mol. The van der Waals surface area contributed by atoms with E-state index >= 15 is 0 Å². The lowest BCUT2D eigenvalue weighted by Crippen LogP contribution is -3.09. The van der Waals surface area contributed by atoms with Crippen LogP contribution in [0.1, 0.15) is 26.3 Å². The lowest BCUT2D eigenvalue weighted by Gasteiger charge is -2.22. The number of fused-ring (bicyclic) bond motifs is 1. The van der Waals surface area contributed by atoms with E-state index in [9.17, 15) is 4.79 Å². The Balaban J connectivity index is 2.05. The Labute approximate surface area is 127 Å². The lowest BCUT2D eigenvalue weighted by atomic mass is 10.0. The molecule has 0 aliphatic heterocycles. The molecule has 2 N–H and O–H groups in total. The third-order valence-corrected chi connectivity index (χ3v) is 3.35. The van der Waals surface area contributed by atoms with E-state index < -0.39 is 0 Å². The molecule has 1 unspecified atom stereocenters. The van der Waals surface area contributed by atoms with Crippen LogP contribution in [0.3, 0.4) is 0 Å². The molecule has 0 aliphatic rings. The largest absolute Gasteiger partial charge is 0.347 e. The topological polar surface area (TPSA) is 33.5 Å². The van der Waals surface area contributed by atoms with Gasteiger partial charge in [-0.15, -0.1) is 0 Å². The van der Waals surface area contributed by atoms with Gasteiger partial charge < -0.3 is 10.2 Å². The number of benzene rings is 2. The second kappa shape index (κ2) is 6.27. The first-order valence-electron chi connectivity index (χ1n) is 7.44. The fourth-order valence-corrected chi connectivity index (χ4v) is 2.57. The van der Waals surface area contributed by atoms with Gasteiger partial charge in [0.05, 0.1) is 7.05 Å². The van der Waals surface area contributed by atoms with Crippen LogP contribution in [0.15, 0.2) is 42.5 Å².